The Morgan fingerprint density at radius 3 is 2.10 bits per heavy atom. The van der Waals surface area contributed by atoms with Crippen molar-refractivity contribution < 1.29 is 14.2 Å². The minimum absolute atomic E-state index is 0.564. The van der Waals surface area contributed by atoms with Gasteiger partial charge in [0.25, 0.3) is 0 Å². The van der Waals surface area contributed by atoms with Gasteiger partial charge >= 0.3 is 0 Å². The second kappa shape index (κ2) is 8.17. The average Bonchev–Trinajstić information content (AvgIpc) is 3.68. The number of para-hydroxylation sites is 2. The molecule has 0 atom stereocenters. The van der Waals surface area contributed by atoms with Crippen LogP contribution in [0, 0.1) is 0 Å². The lowest BCUT2D eigenvalue weighted by atomic mass is 10.1. The highest BCUT2D eigenvalue weighted by Crippen LogP contribution is 2.45. The van der Waals surface area contributed by atoms with Crippen molar-refractivity contribution >= 4 is 22.3 Å². The number of benzene rings is 2. The molecular formula is C25H29N3O3. The molecule has 2 heterocycles. The van der Waals surface area contributed by atoms with Crippen LogP contribution in [0.1, 0.15) is 24.5 Å². The molecular weight excluding hydrogens is 390 g/mol. The summed E-state index contributed by atoms with van der Waals surface area (Å²) in [6.07, 6.45) is 2.43. The van der Waals surface area contributed by atoms with E-state index < -0.39 is 0 Å². The normalized spacial score (nSPS) is 16.5. The van der Waals surface area contributed by atoms with Gasteiger partial charge in [-0.15, -0.1) is 0 Å². The lowest BCUT2D eigenvalue weighted by Crippen LogP contribution is -2.46. The van der Waals surface area contributed by atoms with Crippen molar-refractivity contribution in [2.24, 2.45) is 0 Å². The first-order valence-electron chi connectivity index (χ1n) is 10.9. The molecule has 2 aliphatic rings. The Morgan fingerprint density at radius 1 is 0.774 bits per heavy atom. The topological polar surface area (TPSA) is 47.1 Å². The second-order valence-corrected chi connectivity index (χ2v) is 8.18. The van der Waals surface area contributed by atoms with E-state index in [4.69, 9.17) is 19.2 Å². The highest BCUT2D eigenvalue weighted by atomic mass is 16.5. The molecule has 6 nitrogen and oxygen atoms in total. The highest BCUT2D eigenvalue weighted by Gasteiger charge is 2.29. The zero-order chi connectivity index (χ0) is 21.4. The minimum Gasteiger partial charge on any atom is -0.495 e. The number of piperazine rings is 1. The standard InChI is InChI=1S/C25H29N3O3/c1-29-22-7-5-4-6-20(22)27-12-14-28(15-13-27)21-16-19(17-8-9-17)26-24-18(21)10-11-23(30-2)25(24)31-3/h4-7,10-11,16-17H,8-9,12-15H2,1-3H3. The van der Waals surface area contributed by atoms with E-state index in [1.807, 2.05) is 18.2 Å². The van der Waals surface area contributed by atoms with E-state index in [1.165, 1.54) is 24.2 Å². The molecule has 5 rings (SSSR count). The number of ether oxygens (including phenoxy) is 3. The number of hydrogen-bond acceptors (Lipinski definition) is 6. The van der Waals surface area contributed by atoms with Crippen LogP contribution in [0.5, 0.6) is 17.2 Å². The first kappa shape index (κ1) is 19.8. The monoisotopic (exact) mass is 419 g/mol. The lowest BCUT2D eigenvalue weighted by molar-refractivity contribution is 0.358. The summed E-state index contributed by atoms with van der Waals surface area (Å²) in [6.45, 7) is 3.76. The van der Waals surface area contributed by atoms with Gasteiger partial charge in [-0.25, -0.2) is 4.98 Å². The van der Waals surface area contributed by atoms with Gasteiger partial charge in [-0.1, -0.05) is 12.1 Å². The first-order chi connectivity index (χ1) is 15.2. The van der Waals surface area contributed by atoms with E-state index in [1.54, 1.807) is 21.3 Å². The van der Waals surface area contributed by atoms with Gasteiger partial charge in [0.2, 0.25) is 0 Å². The quantitative estimate of drug-likeness (QED) is 0.588. The van der Waals surface area contributed by atoms with Crippen molar-refractivity contribution in [2.75, 3.05) is 57.3 Å². The smallest absolute Gasteiger partial charge is 0.187 e. The maximum Gasteiger partial charge on any atom is 0.187 e. The highest BCUT2D eigenvalue weighted by molar-refractivity contribution is 5.97. The molecule has 1 saturated heterocycles. The van der Waals surface area contributed by atoms with Gasteiger partial charge in [0.05, 0.1) is 27.0 Å². The average molecular weight is 420 g/mol. The van der Waals surface area contributed by atoms with Crippen LogP contribution in [0.3, 0.4) is 0 Å². The molecule has 0 amide bonds. The predicted molar refractivity (Wildman–Crippen MR) is 124 cm³/mol. The van der Waals surface area contributed by atoms with Gasteiger partial charge in [-0.3, -0.25) is 0 Å². The fourth-order valence-corrected chi connectivity index (χ4v) is 4.54. The molecule has 0 radical (unpaired) electrons. The SMILES string of the molecule is COc1ccccc1N1CCN(c2cc(C3CC3)nc3c(OC)c(OC)ccc23)CC1. The predicted octanol–water partition coefficient (Wildman–Crippen LogP) is 4.46. The summed E-state index contributed by atoms with van der Waals surface area (Å²) in [5, 5.41) is 1.12. The van der Waals surface area contributed by atoms with Crippen LogP contribution in [0.2, 0.25) is 0 Å². The van der Waals surface area contributed by atoms with Crippen molar-refractivity contribution in [3.63, 3.8) is 0 Å². The third kappa shape index (κ3) is 3.60. The van der Waals surface area contributed by atoms with Gasteiger partial charge in [-0.2, -0.15) is 0 Å². The molecule has 0 N–H and O–H groups in total. The second-order valence-electron chi connectivity index (χ2n) is 8.18. The molecule has 2 fully saturated rings. The van der Waals surface area contributed by atoms with E-state index in [9.17, 15) is 0 Å². The zero-order valence-electron chi connectivity index (χ0n) is 18.4. The van der Waals surface area contributed by atoms with E-state index in [2.05, 4.69) is 34.1 Å². The van der Waals surface area contributed by atoms with Crippen LogP contribution in [-0.2, 0) is 0 Å². The third-order valence-electron chi connectivity index (χ3n) is 6.36. The lowest BCUT2D eigenvalue weighted by Gasteiger charge is -2.38. The molecule has 0 bridgehead atoms. The summed E-state index contributed by atoms with van der Waals surface area (Å²) >= 11 is 0. The molecule has 0 spiro atoms. The first-order valence-corrected chi connectivity index (χ1v) is 10.9. The van der Waals surface area contributed by atoms with E-state index in [-0.39, 0.29) is 0 Å². The van der Waals surface area contributed by atoms with Crippen molar-refractivity contribution in [3.8, 4) is 17.2 Å². The summed E-state index contributed by atoms with van der Waals surface area (Å²) in [4.78, 5) is 9.89. The number of methoxy groups -OCH3 is 3. The summed E-state index contributed by atoms with van der Waals surface area (Å²) in [5.74, 6) is 2.94. The van der Waals surface area contributed by atoms with Crippen molar-refractivity contribution in [3.05, 3.63) is 48.2 Å². The van der Waals surface area contributed by atoms with E-state index in [0.29, 0.717) is 5.92 Å². The largest absolute Gasteiger partial charge is 0.495 e. The number of nitrogens with zero attached hydrogens (tertiary/aromatic N) is 3. The summed E-state index contributed by atoms with van der Waals surface area (Å²) < 4.78 is 16.8. The van der Waals surface area contributed by atoms with Gasteiger partial charge < -0.3 is 24.0 Å². The number of aromatic nitrogens is 1. The van der Waals surface area contributed by atoms with Crippen molar-refractivity contribution in [2.45, 2.75) is 18.8 Å². The number of hydrogen-bond donors (Lipinski definition) is 0. The molecule has 1 aliphatic heterocycles. The van der Waals surface area contributed by atoms with Crippen molar-refractivity contribution in [1.29, 1.82) is 0 Å². The molecule has 1 saturated carbocycles. The van der Waals surface area contributed by atoms with Gasteiger partial charge in [0, 0.05) is 48.9 Å². The number of pyridine rings is 1. The molecule has 6 heteroatoms. The molecule has 2 aromatic carbocycles. The summed E-state index contributed by atoms with van der Waals surface area (Å²) in [7, 11) is 5.10. The Bertz CT molecular complexity index is 1090. The Morgan fingerprint density at radius 2 is 1.45 bits per heavy atom. The number of fused-ring (bicyclic) bond motifs is 1. The van der Waals surface area contributed by atoms with Crippen LogP contribution >= 0.6 is 0 Å². The molecule has 3 aromatic rings. The molecule has 1 aromatic heterocycles. The van der Waals surface area contributed by atoms with Crippen LogP contribution < -0.4 is 24.0 Å². The van der Waals surface area contributed by atoms with Crippen LogP contribution in [0.25, 0.3) is 10.9 Å². The fourth-order valence-electron chi connectivity index (χ4n) is 4.54. The molecule has 0 unspecified atom stereocenters. The number of rotatable bonds is 6. The Kier molecular flexibility index (Phi) is 5.22. The Balaban J connectivity index is 1.49. The fraction of sp³-hybridized carbons (Fsp3) is 0.400. The maximum absolute atomic E-state index is 5.72. The van der Waals surface area contributed by atoms with Crippen LogP contribution in [0.15, 0.2) is 42.5 Å². The van der Waals surface area contributed by atoms with Crippen molar-refractivity contribution in [1.82, 2.24) is 4.98 Å². The van der Waals surface area contributed by atoms with Gasteiger partial charge in [0.15, 0.2) is 11.5 Å². The van der Waals surface area contributed by atoms with Gasteiger partial charge in [-0.05, 0) is 43.2 Å². The zero-order valence-corrected chi connectivity index (χ0v) is 18.4. The third-order valence-corrected chi connectivity index (χ3v) is 6.36. The number of anilines is 2. The van der Waals surface area contributed by atoms with Crippen LogP contribution in [0.4, 0.5) is 11.4 Å². The van der Waals surface area contributed by atoms with E-state index in [0.717, 1.165) is 60.0 Å². The minimum atomic E-state index is 0.564. The van der Waals surface area contributed by atoms with E-state index >= 15 is 0 Å². The van der Waals surface area contributed by atoms with Gasteiger partial charge in [0.1, 0.15) is 11.3 Å². The van der Waals surface area contributed by atoms with Crippen LogP contribution in [-0.4, -0.2) is 52.5 Å². The molecule has 1 aliphatic carbocycles. The summed E-state index contributed by atoms with van der Waals surface area (Å²) in [6, 6.07) is 14.6. The Labute approximate surface area is 183 Å². The molecule has 31 heavy (non-hydrogen) atoms. The Hall–Kier alpha value is -3.15. The maximum atomic E-state index is 5.72. The molecule has 162 valence electrons. The summed E-state index contributed by atoms with van der Waals surface area (Å²) in [5.41, 5.74) is 4.47.